The molecule has 15 nitrogen and oxygen atoms in total. The maximum absolute atomic E-state index is 10.6. The Bertz CT molecular complexity index is 723. The molecule has 0 spiro atoms. The molecule has 0 atom stereocenters. The SMILES string of the molecule is CCC(CO)(CO)CO.O=C(O)C(OS(=O)(=O)O)(S(=O)(=O)O)S(=O)(=O)O. The third-order valence-electron chi connectivity index (χ3n) is 2.91. The Morgan fingerprint density at radius 3 is 1.19 bits per heavy atom. The molecule has 0 aliphatic heterocycles. The minimum absolute atomic E-state index is 0.156. The molecule has 0 aliphatic carbocycles. The van der Waals surface area contributed by atoms with E-state index in [-0.39, 0.29) is 19.8 Å². The first-order valence-corrected chi connectivity index (χ1v) is 10.3. The van der Waals surface area contributed by atoms with Crippen molar-refractivity contribution in [3.8, 4) is 0 Å². The zero-order valence-electron chi connectivity index (χ0n) is 12.9. The summed E-state index contributed by atoms with van der Waals surface area (Å²) in [7, 11) is -18.6. The quantitative estimate of drug-likeness (QED) is 0.169. The van der Waals surface area contributed by atoms with E-state index < -0.39 is 46.3 Å². The Balaban J connectivity index is 0. The molecule has 0 aromatic carbocycles. The molecule has 0 radical (unpaired) electrons. The molecule has 0 unspecified atom stereocenters. The first-order valence-electron chi connectivity index (χ1n) is 6.07. The molecule has 7 N–H and O–H groups in total. The summed E-state index contributed by atoms with van der Waals surface area (Å²) < 4.78 is 85.2. The highest BCUT2D eigenvalue weighted by Crippen LogP contribution is 2.27. The van der Waals surface area contributed by atoms with Gasteiger partial charge in [0.2, 0.25) is 0 Å². The van der Waals surface area contributed by atoms with E-state index in [1.165, 1.54) is 0 Å². The molecular formula is C8H18O15S3. The van der Waals surface area contributed by atoms with Gasteiger partial charge < -0.3 is 20.4 Å². The molecule has 0 bridgehead atoms. The van der Waals surface area contributed by atoms with E-state index in [1.807, 2.05) is 6.92 Å². The second kappa shape index (κ2) is 9.30. The highest BCUT2D eigenvalue weighted by molar-refractivity contribution is 8.06. The van der Waals surface area contributed by atoms with Crippen molar-refractivity contribution in [2.45, 2.75) is 17.6 Å². The normalized spacial score (nSPS) is 13.7. The number of hydrogen-bond donors (Lipinski definition) is 7. The van der Waals surface area contributed by atoms with Crippen LogP contribution in [0.1, 0.15) is 13.3 Å². The number of hydrogen-bond acceptors (Lipinski definition) is 11. The van der Waals surface area contributed by atoms with E-state index in [1.54, 1.807) is 0 Å². The van der Waals surface area contributed by atoms with Crippen molar-refractivity contribution in [3.63, 3.8) is 0 Å². The van der Waals surface area contributed by atoms with Crippen molar-refractivity contribution in [1.29, 1.82) is 0 Å². The third-order valence-corrected chi connectivity index (χ3v) is 6.72. The fourth-order valence-corrected chi connectivity index (χ4v) is 4.16. The summed E-state index contributed by atoms with van der Waals surface area (Å²) in [5.74, 6) is -3.11. The van der Waals surface area contributed by atoms with Gasteiger partial charge in [-0.05, 0) is 6.42 Å². The minimum Gasteiger partial charge on any atom is -0.477 e. The predicted molar refractivity (Wildman–Crippen MR) is 80.1 cm³/mol. The molecule has 0 aromatic heterocycles. The van der Waals surface area contributed by atoms with Crippen molar-refractivity contribution in [1.82, 2.24) is 0 Å². The lowest BCUT2D eigenvalue weighted by Crippen LogP contribution is -2.55. The van der Waals surface area contributed by atoms with Crippen LogP contribution in [0.2, 0.25) is 0 Å². The molecule has 0 heterocycles. The van der Waals surface area contributed by atoms with Crippen LogP contribution in [0.15, 0.2) is 0 Å². The van der Waals surface area contributed by atoms with Gasteiger partial charge in [-0.15, -0.1) is 0 Å². The smallest absolute Gasteiger partial charge is 0.433 e. The third kappa shape index (κ3) is 6.64. The lowest BCUT2D eigenvalue weighted by molar-refractivity contribution is -0.144. The van der Waals surface area contributed by atoms with Gasteiger partial charge in [-0.3, -0.25) is 13.7 Å². The zero-order valence-corrected chi connectivity index (χ0v) is 15.4. The Labute approximate surface area is 148 Å². The summed E-state index contributed by atoms with van der Waals surface area (Å²) in [5.41, 5.74) is -0.667. The van der Waals surface area contributed by atoms with Gasteiger partial charge in [-0.25, -0.2) is 4.79 Å². The summed E-state index contributed by atoms with van der Waals surface area (Å²) in [5, 5.41) is 34.2. The summed E-state index contributed by atoms with van der Waals surface area (Å²) in [6.45, 7) is 1.35. The van der Waals surface area contributed by atoms with E-state index in [2.05, 4.69) is 4.18 Å². The van der Waals surface area contributed by atoms with Crippen LogP contribution in [0.4, 0.5) is 0 Å². The zero-order chi connectivity index (χ0) is 21.6. The van der Waals surface area contributed by atoms with Crippen LogP contribution in [0, 0.1) is 5.41 Å². The van der Waals surface area contributed by atoms with Crippen LogP contribution in [0.25, 0.3) is 0 Å². The highest BCUT2D eigenvalue weighted by atomic mass is 32.3. The van der Waals surface area contributed by atoms with E-state index in [0.717, 1.165) is 0 Å². The number of aliphatic hydroxyl groups excluding tert-OH is 3. The Morgan fingerprint density at radius 1 is 0.846 bits per heavy atom. The highest BCUT2D eigenvalue weighted by Gasteiger charge is 2.67. The first kappa shape index (κ1) is 27.3. The van der Waals surface area contributed by atoms with Crippen molar-refractivity contribution in [3.05, 3.63) is 0 Å². The number of carboxylic acids is 1. The van der Waals surface area contributed by atoms with Crippen LogP contribution in [0.5, 0.6) is 0 Å². The summed E-state index contributed by atoms with van der Waals surface area (Å²) in [4.78, 5) is 10.4. The number of carbonyl (C=O) groups is 1. The summed E-state index contributed by atoms with van der Waals surface area (Å²) >= 11 is 0. The molecule has 0 rings (SSSR count). The van der Waals surface area contributed by atoms with E-state index in [0.29, 0.717) is 6.42 Å². The standard InChI is InChI=1S/C6H14O3.C2H4O12S3/c1-2-6(3-7,4-8)5-9;3-1(4)2(15(5,6)7,16(8,9)10)14-17(11,12)13/h7-9H,2-5H2,1H3;(H,3,4)(H,5,6,7)(H,8,9,10)(H,11,12,13). The van der Waals surface area contributed by atoms with Crippen LogP contribution in [-0.4, -0.2) is 89.4 Å². The first-order chi connectivity index (χ1) is 11.4. The topological polar surface area (TPSA) is 270 Å². The van der Waals surface area contributed by atoms with Crippen molar-refractivity contribution >= 4 is 36.6 Å². The minimum atomic E-state index is -6.32. The molecular weight excluding hydrogens is 432 g/mol. The van der Waals surface area contributed by atoms with Crippen LogP contribution >= 0.6 is 0 Å². The van der Waals surface area contributed by atoms with E-state index >= 15 is 0 Å². The molecule has 0 aromatic rings. The molecule has 26 heavy (non-hydrogen) atoms. The van der Waals surface area contributed by atoms with Gasteiger partial charge in [0.05, 0.1) is 19.8 Å². The van der Waals surface area contributed by atoms with Gasteiger partial charge in [0.25, 0.3) is 0 Å². The van der Waals surface area contributed by atoms with E-state index in [4.69, 9.17) is 34.1 Å². The Morgan fingerprint density at radius 2 is 1.15 bits per heavy atom. The predicted octanol–water partition coefficient (Wildman–Crippen LogP) is -3.32. The summed E-state index contributed by atoms with van der Waals surface area (Å²) in [6, 6.07) is 0. The van der Waals surface area contributed by atoms with Crippen LogP contribution in [0.3, 0.4) is 0 Å². The summed E-state index contributed by atoms with van der Waals surface area (Å²) in [6.07, 6.45) is 0.594. The fraction of sp³-hybridized carbons (Fsp3) is 0.875. The van der Waals surface area contributed by atoms with Crippen LogP contribution < -0.4 is 0 Å². The molecule has 0 saturated carbocycles. The van der Waals surface area contributed by atoms with Crippen molar-refractivity contribution < 1.29 is 68.3 Å². The Kier molecular flexibility index (Phi) is 9.75. The van der Waals surface area contributed by atoms with Crippen molar-refractivity contribution in [2.75, 3.05) is 19.8 Å². The lowest BCUT2D eigenvalue weighted by Gasteiger charge is -2.24. The number of aliphatic carboxylic acids is 1. The Hall–Kier alpha value is -0.960. The molecule has 18 heteroatoms. The van der Waals surface area contributed by atoms with E-state index in [9.17, 15) is 30.0 Å². The number of rotatable bonds is 9. The fourth-order valence-electron chi connectivity index (χ4n) is 1.10. The monoisotopic (exact) mass is 450 g/mol. The molecule has 0 aliphatic rings. The lowest BCUT2D eigenvalue weighted by atomic mass is 9.88. The van der Waals surface area contributed by atoms with Crippen molar-refractivity contribution in [2.24, 2.45) is 5.41 Å². The number of carboxylic acid groups (broad SMARTS) is 1. The average molecular weight is 450 g/mol. The van der Waals surface area contributed by atoms with Gasteiger partial charge in [-0.1, -0.05) is 6.92 Å². The van der Waals surface area contributed by atoms with Gasteiger partial charge in [0.15, 0.2) is 0 Å². The van der Waals surface area contributed by atoms with Gasteiger partial charge in [0.1, 0.15) is 0 Å². The second-order valence-corrected chi connectivity index (χ2v) is 8.98. The largest absolute Gasteiger partial charge is 0.477 e. The number of aliphatic hydroxyl groups is 3. The average Bonchev–Trinajstić information content (AvgIpc) is 2.45. The van der Waals surface area contributed by atoms with Crippen LogP contribution in [-0.2, 0) is 39.6 Å². The second-order valence-electron chi connectivity index (χ2n) is 4.65. The molecule has 158 valence electrons. The maximum atomic E-state index is 10.6. The molecule has 0 fully saturated rings. The molecule has 0 amide bonds. The molecule has 0 saturated heterocycles. The van der Waals surface area contributed by atoms with Gasteiger partial charge in [0, 0.05) is 5.41 Å². The van der Waals surface area contributed by atoms with Gasteiger partial charge >= 0.3 is 40.9 Å². The van der Waals surface area contributed by atoms with Gasteiger partial charge in [-0.2, -0.15) is 29.4 Å². The maximum Gasteiger partial charge on any atom is 0.433 e.